The minimum Gasteiger partial charge on any atom is -0.497 e. The number of aromatic amines is 1. The molecule has 3 aromatic carbocycles. The van der Waals surface area contributed by atoms with E-state index in [9.17, 15) is 4.79 Å². The molecule has 0 saturated heterocycles. The van der Waals surface area contributed by atoms with Gasteiger partial charge >= 0.3 is 0 Å². The van der Waals surface area contributed by atoms with Crippen LogP contribution in [0.25, 0.3) is 11.3 Å². The number of benzene rings is 3. The summed E-state index contributed by atoms with van der Waals surface area (Å²) in [6.45, 7) is 3.33. The lowest BCUT2D eigenvalue weighted by Gasteiger charge is -2.27. The SMILES string of the molecule is CCCOc1cccc(C2c3c(-c4ccc(OC)cc4)n[nH]c3C(=O)N2CCc2ccccc2)c1. The summed E-state index contributed by atoms with van der Waals surface area (Å²) in [6.07, 6.45) is 1.70. The van der Waals surface area contributed by atoms with E-state index in [0.29, 0.717) is 18.8 Å². The van der Waals surface area contributed by atoms with Crippen molar-refractivity contribution in [1.29, 1.82) is 0 Å². The average molecular weight is 468 g/mol. The van der Waals surface area contributed by atoms with Gasteiger partial charge in [-0.15, -0.1) is 0 Å². The van der Waals surface area contributed by atoms with Gasteiger partial charge in [-0.05, 0) is 60.4 Å². The number of aromatic nitrogens is 2. The van der Waals surface area contributed by atoms with Crippen LogP contribution in [-0.2, 0) is 6.42 Å². The van der Waals surface area contributed by atoms with Crippen LogP contribution in [0.5, 0.6) is 11.5 Å². The molecule has 1 atom stereocenters. The molecule has 35 heavy (non-hydrogen) atoms. The van der Waals surface area contributed by atoms with E-state index in [1.807, 2.05) is 65.6 Å². The molecule has 1 amide bonds. The normalized spacial score (nSPS) is 14.7. The van der Waals surface area contributed by atoms with Crippen molar-refractivity contribution >= 4 is 5.91 Å². The Hall–Kier alpha value is -4.06. The lowest BCUT2D eigenvalue weighted by Crippen LogP contribution is -2.31. The van der Waals surface area contributed by atoms with E-state index in [0.717, 1.165) is 46.7 Å². The summed E-state index contributed by atoms with van der Waals surface area (Å²) in [5.41, 5.74) is 5.38. The van der Waals surface area contributed by atoms with E-state index in [1.54, 1.807) is 7.11 Å². The quantitative estimate of drug-likeness (QED) is 0.345. The van der Waals surface area contributed by atoms with E-state index >= 15 is 0 Å². The maximum absolute atomic E-state index is 13.6. The molecule has 178 valence electrons. The minimum atomic E-state index is -0.262. The van der Waals surface area contributed by atoms with E-state index in [-0.39, 0.29) is 11.9 Å². The van der Waals surface area contributed by atoms with Gasteiger partial charge in [-0.3, -0.25) is 9.89 Å². The maximum atomic E-state index is 13.6. The van der Waals surface area contributed by atoms with Gasteiger partial charge in [0.2, 0.25) is 0 Å². The van der Waals surface area contributed by atoms with Crippen LogP contribution >= 0.6 is 0 Å². The second-order valence-electron chi connectivity index (χ2n) is 8.65. The summed E-state index contributed by atoms with van der Waals surface area (Å²) < 4.78 is 11.2. The third kappa shape index (κ3) is 4.52. The van der Waals surface area contributed by atoms with Gasteiger partial charge < -0.3 is 14.4 Å². The number of carbonyl (C=O) groups is 1. The fraction of sp³-hybridized carbons (Fsp3) is 0.241. The first-order chi connectivity index (χ1) is 17.2. The molecule has 4 aromatic rings. The Morgan fingerprint density at radius 2 is 1.77 bits per heavy atom. The molecule has 0 radical (unpaired) electrons. The highest BCUT2D eigenvalue weighted by molar-refractivity contribution is 6.00. The Kier molecular flexibility index (Phi) is 6.53. The average Bonchev–Trinajstić information content (AvgIpc) is 3.45. The number of fused-ring (bicyclic) bond motifs is 1. The number of ether oxygens (including phenoxy) is 2. The Bertz CT molecular complexity index is 1300. The topological polar surface area (TPSA) is 67.5 Å². The van der Waals surface area contributed by atoms with Crippen molar-refractivity contribution in [3.63, 3.8) is 0 Å². The summed E-state index contributed by atoms with van der Waals surface area (Å²) in [5.74, 6) is 1.55. The molecule has 0 spiro atoms. The number of carbonyl (C=O) groups excluding carboxylic acids is 1. The molecule has 2 heterocycles. The van der Waals surface area contributed by atoms with Gasteiger partial charge in [-0.2, -0.15) is 5.10 Å². The number of amides is 1. The molecule has 6 heteroatoms. The van der Waals surface area contributed by atoms with Crippen LogP contribution in [0, 0.1) is 0 Å². The molecular weight excluding hydrogens is 438 g/mol. The number of rotatable bonds is 9. The van der Waals surface area contributed by atoms with Crippen LogP contribution in [-0.4, -0.2) is 41.3 Å². The highest BCUT2D eigenvalue weighted by Crippen LogP contribution is 2.43. The number of hydrogen-bond acceptors (Lipinski definition) is 4. The molecule has 0 bridgehead atoms. The zero-order chi connectivity index (χ0) is 24.2. The van der Waals surface area contributed by atoms with Crippen molar-refractivity contribution in [1.82, 2.24) is 15.1 Å². The highest BCUT2D eigenvalue weighted by Gasteiger charge is 2.42. The first kappa shape index (κ1) is 22.7. The molecule has 1 aromatic heterocycles. The Morgan fingerprint density at radius 1 is 0.971 bits per heavy atom. The van der Waals surface area contributed by atoms with Crippen molar-refractivity contribution < 1.29 is 14.3 Å². The minimum absolute atomic E-state index is 0.0342. The van der Waals surface area contributed by atoms with Crippen LogP contribution in [0.15, 0.2) is 78.9 Å². The monoisotopic (exact) mass is 467 g/mol. The van der Waals surface area contributed by atoms with Gasteiger partial charge in [0, 0.05) is 17.7 Å². The zero-order valence-electron chi connectivity index (χ0n) is 20.0. The van der Waals surface area contributed by atoms with Gasteiger partial charge in [0.15, 0.2) is 0 Å². The first-order valence-electron chi connectivity index (χ1n) is 12.0. The van der Waals surface area contributed by atoms with Crippen molar-refractivity contribution in [2.45, 2.75) is 25.8 Å². The van der Waals surface area contributed by atoms with Gasteiger partial charge in [-0.25, -0.2) is 0 Å². The standard InChI is InChI=1S/C29H29N3O3/c1-3-18-35-24-11-7-10-22(19-24)28-25-26(21-12-14-23(34-2)15-13-21)30-31-27(25)29(33)32(28)17-16-20-8-5-4-6-9-20/h4-15,19,28H,3,16-18H2,1-2H3,(H,30,31). The van der Waals surface area contributed by atoms with E-state index in [4.69, 9.17) is 9.47 Å². The van der Waals surface area contributed by atoms with Gasteiger partial charge in [0.05, 0.1) is 25.5 Å². The molecule has 1 unspecified atom stereocenters. The van der Waals surface area contributed by atoms with Crippen LogP contribution < -0.4 is 9.47 Å². The molecule has 0 fully saturated rings. The van der Waals surface area contributed by atoms with Gasteiger partial charge in [0.1, 0.15) is 17.2 Å². The molecule has 1 N–H and O–H groups in total. The molecule has 5 rings (SSSR count). The lowest BCUT2D eigenvalue weighted by atomic mass is 9.95. The Labute approximate surface area is 205 Å². The fourth-order valence-electron chi connectivity index (χ4n) is 4.63. The number of hydrogen-bond donors (Lipinski definition) is 1. The van der Waals surface area contributed by atoms with Crippen LogP contribution in [0.4, 0.5) is 0 Å². The second kappa shape index (κ2) is 10.1. The van der Waals surface area contributed by atoms with E-state index in [2.05, 4.69) is 35.3 Å². The van der Waals surface area contributed by atoms with Crippen molar-refractivity contribution in [3.05, 3.63) is 101 Å². The Balaban J connectivity index is 1.56. The predicted octanol–water partition coefficient (Wildman–Crippen LogP) is 5.66. The van der Waals surface area contributed by atoms with Crippen LogP contribution in [0.3, 0.4) is 0 Å². The summed E-state index contributed by atoms with van der Waals surface area (Å²) >= 11 is 0. The second-order valence-corrected chi connectivity index (χ2v) is 8.65. The van der Waals surface area contributed by atoms with Gasteiger partial charge in [-0.1, -0.05) is 49.4 Å². The first-order valence-corrected chi connectivity index (χ1v) is 12.0. The zero-order valence-corrected chi connectivity index (χ0v) is 20.0. The lowest BCUT2D eigenvalue weighted by molar-refractivity contribution is 0.0745. The van der Waals surface area contributed by atoms with Gasteiger partial charge in [0.25, 0.3) is 5.91 Å². The largest absolute Gasteiger partial charge is 0.497 e. The maximum Gasteiger partial charge on any atom is 0.273 e. The van der Waals surface area contributed by atoms with Crippen LogP contribution in [0.1, 0.15) is 46.6 Å². The third-order valence-electron chi connectivity index (χ3n) is 6.36. The van der Waals surface area contributed by atoms with E-state index < -0.39 is 0 Å². The van der Waals surface area contributed by atoms with Crippen LogP contribution in [0.2, 0.25) is 0 Å². The Morgan fingerprint density at radius 3 is 2.51 bits per heavy atom. The molecular formula is C29H29N3O3. The molecule has 0 saturated carbocycles. The summed E-state index contributed by atoms with van der Waals surface area (Å²) in [6, 6.07) is 25.8. The number of nitrogens with one attached hydrogen (secondary N) is 1. The fourth-order valence-corrected chi connectivity index (χ4v) is 4.63. The number of nitrogens with zero attached hydrogens (tertiary/aromatic N) is 2. The summed E-state index contributed by atoms with van der Waals surface area (Å²) in [5, 5.41) is 7.61. The summed E-state index contributed by atoms with van der Waals surface area (Å²) in [7, 11) is 1.65. The van der Waals surface area contributed by atoms with E-state index in [1.165, 1.54) is 5.56 Å². The number of H-pyrrole nitrogens is 1. The van der Waals surface area contributed by atoms with Crippen molar-refractivity contribution in [2.24, 2.45) is 0 Å². The molecule has 6 nitrogen and oxygen atoms in total. The smallest absolute Gasteiger partial charge is 0.273 e. The molecule has 0 aliphatic carbocycles. The summed E-state index contributed by atoms with van der Waals surface area (Å²) in [4.78, 5) is 15.6. The molecule has 1 aliphatic rings. The van der Waals surface area contributed by atoms with Crippen molar-refractivity contribution in [3.8, 4) is 22.8 Å². The predicted molar refractivity (Wildman–Crippen MR) is 136 cm³/mol. The van der Waals surface area contributed by atoms with Crippen molar-refractivity contribution in [2.75, 3.05) is 20.3 Å². The highest BCUT2D eigenvalue weighted by atomic mass is 16.5. The third-order valence-corrected chi connectivity index (χ3v) is 6.36. The number of methoxy groups -OCH3 is 1. The molecule has 1 aliphatic heterocycles.